The van der Waals surface area contributed by atoms with Crippen molar-refractivity contribution < 1.29 is 22.3 Å². The number of hydrogen-bond donors (Lipinski definition) is 0. The molecule has 2 fully saturated rings. The third kappa shape index (κ3) is 9.72. The summed E-state index contributed by atoms with van der Waals surface area (Å²) in [4.78, 5) is 31.8. The van der Waals surface area contributed by atoms with E-state index >= 15 is 0 Å². The minimum absolute atomic E-state index is 0.143. The van der Waals surface area contributed by atoms with E-state index in [4.69, 9.17) is 14.7 Å². The van der Waals surface area contributed by atoms with Crippen molar-refractivity contribution in [1.82, 2.24) is 29.9 Å². The van der Waals surface area contributed by atoms with Gasteiger partial charge in [-0.1, -0.05) is 76.2 Å². The fourth-order valence-electron chi connectivity index (χ4n) is 7.51. The Kier molecular flexibility index (Phi) is 13.8. The first-order valence-corrected chi connectivity index (χ1v) is 21.1. The van der Waals surface area contributed by atoms with Gasteiger partial charge in [-0.2, -0.15) is 13.2 Å². The summed E-state index contributed by atoms with van der Waals surface area (Å²) in [6.45, 7) is 11.1. The van der Waals surface area contributed by atoms with Gasteiger partial charge in [0.05, 0.1) is 46.5 Å². The largest absolute Gasteiger partial charge is 0.494 e. The van der Waals surface area contributed by atoms with Gasteiger partial charge in [0.25, 0.3) is 0 Å². The number of hydrogen-bond acceptors (Lipinski definition) is 9. The lowest BCUT2D eigenvalue weighted by atomic mass is 9.92. The molecule has 322 valence electrons. The summed E-state index contributed by atoms with van der Waals surface area (Å²) < 4.78 is 57.8. The molecule has 63 heavy (non-hydrogen) atoms. The molecule has 13 heteroatoms. The maximum absolute atomic E-state index is 14.2. The van der Waals surface area contributed by atoms with Gasteiger partial charge in [0.15, 0.2) is 11.6 Å². The molecule has 0 atom stereocenters. The standard InChI is InChI=1S/C23H17F3N4.C23H19FN4O.2C2H6/c24-23(25,26)18-8-5-16(6-9-18)21-22(28-12-11-27-21)17-13-30(14-17)20-10-7-15-3-1-2-4-19(15)29-20;1-29-20-8-6-16(12-18(20)24)22-23(26-11-10-25-22)17-13-28(14-17)21-9-7-15-4-2-3-5-19(15)27-21;2*1-2/h1-12,17H,13-14H2;2-12,17H,13-14H2,1H3;2*1-2H3. The van der Waals surface area contributed by atoms with Crippen molar-refractivity contribution in [2.45, 2.75) is 45.7 Å². The van der Waals surface area contributed by atoms with Crippen molar-refractivity contribution in [3.8, 4) is 28.3 Å². The van der Waals surface area contributed by atoms with E-state index in [1.807, 2.05) is 82.3 Å². The van der Waals surface area contributed by atoms with Crippen molar-refractivity contribution in [3.05, 3.63) is 163 Å². The molecule has 2 aliphatic rings. The highest BCUT2D eigenvalue weighted by Gasteiger charge is 2.35. The van der Waals surface area contributed by atoms with Crippen LogP contribution in [0.2, 0.25) is 0 Å². The van der Waals surface area contributed by atoms with Crippen molar-refractivity contribution in [2.24, 2.45) is 0 Å². The summed E-state index contributed by atoms with van der Waals surface area (Å²) in [5.41, 5.74) is 5.62. The van der Waals surface area contributed by atoms with Crippen LogP contribution in [0.1, 0.15) is 56.5 Å². The second kappa shape index (κ2) is 19.8. The normalized spacial score (nSPS) is 13.7. The smallest absolute Gasteiger partial charge is 0.416 e. The number of pyridine rings is 2. The van der Waals surface area contributed by atoms with E-state index in [1.165, 1.54) is 25.3 Å². The zero-order chi connectivity index (χ0) is 44.5. The van der Waals surface area contributed by atoms with Crippen molar-refractivity contribution in [2.75, 3.05) is 43.1 Å². The summed E-state index contributed by atoms with van der Waals surface area (Å²) in [7, 11) is 1.45. The van der Waals surface area contributed by atoms with Crippen LogP contribution >= 0.6 is 0 Å². The van der Waals surface area contributed by atoms with Gasteiger partial charge < -0.3 is 14.5 Å². The molecule has 9 nitrogen and oxygen atoms in total. The van der Waals surface area contributed by atoms with Crippen LogP contribution in [0.3, 0.4) is 0 Å². The Labute approximate surface area is 364 Å². The first-order chi connectivity index (χ1) is 30.7. The number of benzene rings is 4. The number of fused-ring (bicyclic) bond motifs is 2. The van der Waals surface area contributed by atoms with Crippen LogP contribution in [-0.2, 0) is 6.18 Å². The SMILES string of the molecule is CC.CC.COc1ccc(-c2nccnc2C2CN(c3ccc4ccccc4n3)C2)cc1F.FC(F)(F)c1ccc(-c2nccnc2C2CN(c3ccc4ccccc4n3)C2)cc1. The molecule has 0 radical (unpaired) electrons. The lowest BCUT2D eigenvalue weighted by molar-refractivity contribution is -0.137. The molecule has 0 aliphatic carbocycles. The maximum atomic E-state index is 14.2. The first-order valence-electron chi connectivity index (χ1n) is 21.1. The Balaban J connectivity index is 0.000000175. The second-order valence-electron chi connectivity index (χ2n) is 14.4. The number of rotatable bonds is 7. The predicted octanol–water partition coefficient (Wildman–Crippen LogP) is 11.8. The molecule has 0 saturated carbocycles. The molecule has 0 unspecified atom stereocenters. The molecule has 4 aromatic heterocycles. The first kappa shape index (κ1) is 44.0. The second-order valence-corrected chi connectivity index (χ2v) is 14.4. The van der Waals surface area contributed by atoms with E-state index in [2.05, 4.69) is 54.0 Å². The number of methoxy groups -OCH3 is 1. The molecule has 0 spiro atoms. The van der Waals surface area contributed by atoms with E-state index in [0.717, 1.165) is 83.1 Å². The Morgan fingerprint density at radius 2 is 0.984 bits per heavy atom. The lowest BCUT2D eigenvalue weighted by Crippen LogP contribution is -2.46. The van der Waals surface area contributed by atoms with Crippen molar-refractivity contribution >= 4 is 33.4 Å². The molecule has 2 saturated heterocycles. The maximum Gasteiger partial charge on any atom is 0.416 e. The quantitative estimate of drug-likeness (QED) is 0.145. The van der Waals surface area contributed by atoms with Crippen LogP contribution in [0.4, 0.5) is 29.2 Å². The van der Waals surface area contributed by atoms with Gasteiger partial charge in [0.2, 0.25) is 0 Å². The molecule has 0 N–H and O–H groups in total. The number of nitrogens with zero attached hydrogens (tertiary/aromatic N) is 8. The van der Waals surface area contributed by atoms with E-state index in [-0.39, 0.29) is 17.6 Å². The minimum atomic E-state index is -4.36. The average molecular weight is 853 g/mol. The van der Waals surface area contributed by atoms with Crippen LogP contribution in [0.5, 0.6) is 5.75 Å². The monoisotopic (exact) mass is 852 g/mol. The van der Waals surface area contributed by atoms with Gasteiger partial charge in [-0.15, -0.1) is 0 Å². The van der Waals surface area contributed by atoms with Crippen LogP contribution in [-0.4, -0.2) is 63.2 Å². The molecule has 0 amide bonds. The highest BCUT2D eigenvalue weighted by atomic mass is 19.4. The van der Waals surface area contributed by atoms with Gasteiger partial charge in [0, 0.05) is 84.7 Å². The molecule has 10 rings (SSSR count). The molecule has 2 aliphatic heterocycles. The summed E-state index contributed by atoms with van der Waals surface area (Å²) in [5.74, 6) is 2.04. The van der Waals surface area contributed by atoms with Gasteiger partial charge in [-0.05, 0) is 66.7 Å². The van der Waals surface area contributed by atoms with Gasteiger partial charge in [-0.25, -0.2) is 14.4 Å². The number of aromatic nitrogens is 6. The molecular formula is C50H48F4N8O. The van der Waals surface area contributed by atoms with E-state index in [0.29, 0.717) is 22.5 Å². The molecule has 4 aromatic carbocycles. The Bertz CT molecular complexity index is 2770. The summed E-state index contributed by atoms with van der Waals surface area (Å²) >= 11 is 0. The fraction of sp³-hybridized carbons (Fsp3) is 0.240. The third-order valence-electron chi connectivity index (χ3n) is 10.7. The molecular weight excluding hydrogens is 805 g/mol. The zero-order valence-electron chi connectivity index (χ0n) is 35.8. The minimum Gasteiger partial charge on any atom is -0.494 e. The van der Waals surface area contributed by atoms with E-state index in [1.54, 1.807) is 30.9 Å². The summed E-state index contributed by atoms with van der Waals surface area (Å²) in [5, 5.41) is 2.22. The third-order valence-corrected chi connectivity index (χ3v) is 10.7. The van der Waals surface area contributed by atoms with E-state index < -0.39 is 17.6 Å². The zero-order valence-corrected chi connectivity index (χ0v) is 35.8. The van der Waals surface area contributed by atoms with Crippen LogP contribution < -0.4 is 14.5 Å². The summed E-state index contributed by atoms with van der Waals surface area (Å²) in [6.07, 6.45) is 2.17. The topological polar surface area (TPSA) is 93.0 Å². The lowest BCUT2D eigenvalue weighted by Gasteiger charge is -2.40. The average Bonchev–Trinajstić information content (AvgIpc) is 3.29. The Morgan fingerprint density at radius 1 is 0.540 bits per heavy atom. The highest BCUT2D eigenvalue weighted by Crippen LogP contribution is 2.38. The van der Waals surface area contributed by atoms with Crippen molar-refractivity contribution in [1.29, 1.82) is 0 Å². The summed E-state index contributed by atoms with van der Waals surface area (Å²) in [6, 6.07) is 34.2. The highest BCUT2D eigenvalue weighted by molar-refractivity contribution is 5.81. The number of halogens is 4. The van der Waals surface area contributed by atoms with Crippen molar-refractivity contribution in [3.63, 3.8) is 0 Å². The van der Waals surface area contributed by atoms with Crippen LogP contribution in [0.25, 0.3) is 44.3 Å². The molecule has 6 heterocycles. The number of ether oxygens (including phenoxy) is 1. The van der Waals surface area contributed by atoms with Gasteiger partial charge in [0.1, 0.15) is 11.6 Å². The number of para-hydroxylation sites is 2. The number of anilines is 2. The molecule has 0 bridgehead atoms. The van der Waals surface area contributed by atoms with E-state index in [9.17, 15) is 17.6 Å². The Hall–Kier alpha value is -7.02. The molecule has 8 aromatic rings. The van der Waals surface area contributed by atoms with Crippen LogP contribution in [0.15, 0.2) is 140 Å². The number of alkyl halides is 3. The van der Waals surface area contributed by atoms with Crippen LogP contribution in [0, 0.1) is 5.82 Å². The van der Waals surface area contributed by atoms with Gasteiger partial charge >= 0.3 is 6.18 Å². The van der Waals surface area contributed by atoms with Gasteiger partial charge in [-0.3, -0.25) is 19.9 Å². The fourth-order valence-corrected chi connectivity index (χ4v) is 7.51. The Morgan fingerprint density at radius 3 is 1.44 bits per heavy atom. The predicted molar refractivity (Wildman–Crippen MR) is 243 cm³/mol.